The lowest BCUT2D eigenvalue weighted by atomic mass is 10.1. The average molecular weight is 250 g/mol. The van der Waals surface area contributed by atoms with Crippen LogP contribution in [-0.2, 0) is 11.3 Å². The van der Waals surface area contributed by atoms with Gasteiger partial charge in [-0.3, -0.25) is 4.79 Å². The molecule has 1 aromatic rings. The van der Waals surface area contributed by atoms with E-state index in [-0.39, 0.29) is 18.4 Å². The summed E-state index contributed by atoms with van der Waals surface area (Å²) in [5, 5.41) is 9.04. The second-order valence-electron chi connectivity index (χ2n) is 4.57. The monoisotopic (exact) mass is 250 g/mol. The molecule has 100 valence electrons. The Hall–Kier alpha value is -1.39. The van der Waals surface area contributed by atoms with Crippen molar-refractivity contribution in [1.82, 2.24) is 4.90 Å². The molecule has 1 unspecified atom stereocenters. The summed E-state index contributed by atoms with van der Waals surface area (Å²) in [5.74, 6) is 0.223. The summed E-state index contributed by atoms with van der Waals surface area (Å²) in [6.45, 7) is 3.35. The van der Waals surface area contributed by atoms with Crippen LogP contribution in [0.2, 0.25) is 0 Å². The molecule has 0 aliphatic rings. The largest absolute Gasteiger partial charge is 0.395 e. The lowest BCUT2D eigenvalue weighted by molar-refractivity contribution is -0.133. The van der Waals surface area contributed by atoms with Gasteiger partial charge < -0.3 is 15.7 Å². The first-order chi connectivity index (χ1) is 8.67. The summed E-state index contributed by atoms with van der Waals surface area (Å²) in [5.41, 5.74) is 6.60. The number of carbonyl (C=O) groups excluding carboxylic acids is 1. The number of carbonyl (C=O) groups is 1. The Morgan fingerprint density at radius 3 is 2.61 bits per heavy atom. The van der Waals surface area contributed by atoms with E-state index in [1.807, 2.05) is 37.3 Å². The van der Waals surface area contributed by atoms with Gasteiger partial charge in [0.2, 0.25) is 5.91 Å². The summed E-state index contributed by atoms with van der Waals surface area (Å²) >= 11 is 0. The predicted octanol–water partition coefficient (Wildman–Crippen LogP) is 0.992. The standard InChI is InChI=1S/C14H22N2O2/c1-12(10-15)9-14(18)16(7-8-17)11-13-5-3-2-4-6-13/h2-6,12,17H,7-11,15H2,1H3. The predicted molar refractivity (Wildman–Crippen MR) is 71.8 cm³/mol. The van der Waals surface area contributed by atoms with Crippen molar-refractivity contribution in [3.8, 4) is 0 Å². The lowest BCUT2D eigenvalue weighted by Crippen LogP contribution is -2.34. The molecule has 0 saturated heterocycles. The van der Waals surface area contributed by atoms with Crippen LogP contribution in [-0.4, -0.2) is 35.6 Å². The highest BCUT2D eigenvalue weighted by atomic mass is 16.3. The van der Waals surface area contributed by atoms with E-state index in [0.29, 0.717) is 26.1 Å². The third kappa shape index (κ3) is 4.85. The number of aliphatic hydroxyl groups excluding tert-OH is 1. The molecule has 0 aliphatic carbocycles. The molecule has 0 bridgehead atoms. The van der Waals surface area contributed by atoms with Crippen LogP contribution in [0.5, 0.6) is 0 Å². The van der Waals surface area contributed by atoms with Crippen LogP contribution in [0.25, 0.3) is 0 Å². The second-order valence-corrected chi connectivity index (χ2v) is 4.57. The minimum absolute atomic E-state index is 0.0183. The van der Waals surface area contributed by atoms with Crippen molar-refractivity contribution in [2.45, 2.75) is 19.9 Å². The minimum atomic E-state index is -0.0183. The van der Waals surface area contributed by atoms with E-state index in [1.165, 1.54) is 0 Å². The van der Waals surface area contributed by atoms with E-state index in [2.05, 4.69) is 0 Å². The van der Waals surface area contributed by atoms with Crippen LogP contribution in [0.15, 0.2) is 30.3 Å². The first-order valence-electron chi connectivity index (χ1n) is 6.30. The highest BCUT2D eigenvalue weighted by Gasteiger charge is 2.15. The van der Waals surface area contributed by atoms with E-state index in [9.17, 15) is 4.79 Å². The normalized spacial score (nSPS) is 12.2. The summed E-state index contributed by atoms with van der Waals surface area (Å²) in [7, 11) is 0. The van der Waals surface area contributed by atoms with Gasteiger partial charge in [0.1, 0.15) is 0 Å². The highest BCUT2D eigenvalue weighted by molar-refractivity contribution is 5.76. The van der Waals surface area contributed by atoms with Crippen molar-refractivity contribution in [2.24, 2.45) is 11.7 Å². The van der Waals surface area contributed by atoms with Gasteiger partial charge in [-0.25, -0.2) is 0 Å². The van der Waals surface area contributed by atoms with Crippen molar-refractivity contribution in [2.75, 3.05) is 19.7 Å². The number of hydrogen-bond donors (Lipinski definition) is 2. The first-order valence-corrected chi connectivity index (χ1v) is 6.30. The van der Waals surface area contributed by atoms with Gasteiger partial charge >= 0.3 is 0 Å². The molecule has 0 aliphatic heterocycles. The molecule has 1 atom stereocenters. The molecule has 0 saturated carbocycles. The lowest BCUT2D eigenvalue weighted by Gasteiger charge is -2.23. The molecular weight excluding hydrogens is 228 g/mol. The molecule has 0 heterocycles. The number of benzene rings is 1. The zero-order valence-corrected chi connectivity index (χ0v) is 10.9. The third-order valence-corrected chi connectivity index (χ3v) is 2.86. The molecule has 1 aromatic carbocycles. The fourth-order valence-electron chi connectivity index (χ4n) is 1.73. The number of rotatable bonds is 7. The van der Waals surface area contributed by atoms with Gasteiger partial charge in [0.05, 0.1) is 6.61 Å². The van der Waals surface area contributed by atoms with Gasteiger partial charge in [0.15, 0.2) is 0 Å². The van der Waals surface area contributed by atoms with Crippen molar-refractivity contribution in [3.63, 3.8) is 0 Å². The van der Waals surface area contributed by atoms with Crippen molar-refractivity contribution < 1.29 is 9.90 Å². The molecular formula is C14H22N2O2. The fourth-order valence-corrected chi connectivity index (χ4v) is 1.73. The zero-order valence-electron chi connectivity index (χ0n) is 10.9. The molecule has 18 heavy (non-hydrogen) atoms. The second kappa shape index (κ2) is 7.84. The SMILES string of the molecule is CC(CN)CC(=O)N(CCO)Cc1ccccc1. The van der Waals surface area contributed by atoms with Gasteiger partial charge in [-0.1, -0.05) is 37.3 Å². The van der Waals surface area contributed by atoms with E-state index in [0.717, 1.165) is 5.56 Å². The maximum atomic E-state index is 12.1. The molecule has 0 aromatic heterocycles. The van der Waals surface area contributed by atoms with E-state index in [4.69, 9.17) is 10.8 Å². The number of nitrogens with zero attached hydrogens (tertiary/aromatic N) is 1. The van der Waals surface area contributed by atoms with Gasteiger partial charge in [0, 0.05) is 19.5 Å². The summed E-state index contributed by atoms with van der Waals surface area (Å²) in [6, 6.07) is 9.78. The van der Waals surface area contributed by atoms with Crippen LogP contribution in [0.1, 0.15) is 18.9 Å². The minimum Gasteiger partial charge on any atom is -0.395 e. The summed E-state index contributed by atoms with van der Waals surface area (Å²) in [6.07, 6.45) is 0.434. The fraction of sp³-hybridized carbons (Fsp3) is 0.500. The number of aliphatic hydroxyl groups is 1. The molecule has 3 N–H and O–H groups in total. The van der Waals surface area contributed by atoms with Crippen LogP contribution >= 0.6 is 0 Å². The molecule has 1 amide bonds. The van der Waals surface area contributed by atoms with Crippen LogP contribution in [0, 0.1) is 5.92 Å². The van der Waals surface area contributed by atoms with E-state index >= 15 is 0 Å². The van der Waals surface area contributed by atoms with Gasteiger partial charge in [-0.2, -0.15) is 0 Å². The molecule has 4 nitrogen and oxygen atoms in total. The Kier molecular flexibility index (Phi) is 6.39. The van der Waals surface area contributed by atoms with Gasteiger partial charge in [0.25, 0.3) is 0 Å². The maximum absolute atomic E-state index is 12.1. The van der Waals surface area contributed by atoms with E-state index in [1.54, 1.807) is 4.90 Å². The quantitative estimate of drug-likeness (QED) is 0.758. The average Bonchev–Trinajstić information content (AvgIpc) is 2.39. The summed E-state index contributed by atoms with van der Waals surface area (Å²) in [4.78, 5) is 13.7. The number of nitrogens with two attached hydrogens (primary N) is 1. The van der Waals surface area contributed by atoms with Crippen molar-refractivity contribution in [3.05, 3.63) is 35.9 Å². The smallest absolute Gasteiger partial charge is 0.223 e. The summed E-state index contributed by atoms with van der Waals surface area (Å²) < 4.78 is 0. The zero-order chi connectivity index (χ0) is 13.4. The molecule has 0 fully saturated rings. The van der Waals surface area contributed by atoms with Gasteiger partial charge in [-0.05, 0) is 18.0 Å². The Morgan fingerprint density at radius 2 is 2.06 bits per heavy atom. The van der Waals surface area contributed by atoms with Crippen LogP contribution in [0.4, 0.5) is 0 Å². The third-order valence-electron chi connectivity index (χ3n) is 2.86. The van der Waals surface area contributed by atoms with Crippen molar-refractivity contribution in [1.29, 1.82) is 0 Å². The Morgan fingerprint density at radius 1 is 1.39 bits per heavy atom. The van der Waals surface area contributed by atoms with E-state index < -0.39 is 0 Å². The molecule has 1 rings (SSSR count). The number of hydrogen-bond acceptors (Lipinski definition) is 3. The van der Waals surface area contributed by atoms with Crippen LogP contribution < -0.4 is 5.73 Å². The highest BCUT2D eigenvalue weighted by Crippen LogP contribution is 2.09. The topological polar surface area (TPSA) is 66.6 Å². The molecule has 0 radical (unpaired) electrons. The van der Waals surface area contributed by atoms with Crippen LogP contribution in [0.3, 0.4) is 0 Å². The molecule has 0 spiro atoms. The Bertz CT molecular complexity index is 354. The molecule has 4 heteroatoms. The number of amides is 1. The maximum Gasteiger partial charge on any atom is 0.223 e. The Balaban J connectivity index is 2.61. The Labute approximate surface area is 108 Å². The first kappa shape index (κ1) is 14.7. The van der Waals surface area contributed by atoms with Crippen molar-refractivity contribution >= 4 is 5.91 Å². The van der Waals surface area contributed by atoms with Gasteiger partial charge in [-0.15, -0.1) is 0 Å².